The molecule has 7 nitrogen and oxygen atoms in total. The number of nitrogen functional groups attached to an aromatic ring is 1. The van der Waals surface area contributed by atoms with Gasteiger partial charge in [-0.2, -0.15) is 0 Å². The summed E-state index contributed by atoms with van der Waals surface area (Å²) in [4.78, 5) is 30.2. The first-order chi connectivity index (χ1) is 12.2. The number of hydrogen-bond donors (Lipinski definition) is 2. The normalized spacial score (nSPS) is 10.8. The van der Waals surface area contributed by atoms with E-state index in [1.54, 1.807) is 18.5 Å². The monoisotopic (exact) mass is 374 g/mol. The van der Waals surface area contributed by atoms with Gasteiger partial charge in [0, 0.05) is 24.3 Å². The molecule has 3 N–H and O–H groups in total. The second kappa shape index (κ2) is 8.13. The van der Waals surface area contributed by atoms with Crippen molar-refractivity contribution in [3.8, 4) is 10.8 Å². The number of nitrogens with zero attached hydrogens (tertiary/aromatic N) is 4. The highest BCUT2D eigenvalue weighted by atomic mass is 32.1. The average Bonchev–Trinajstić information content (AvgIpc) is 3.25. The molecule has 0 aliphatic rings. The van der Waals surface area contributed by atoms with Crippen LogP contribution in [0.4, 0.5) is 5.13 Å². The molecule has 1 amide bonds. The van der Waals surface area contributed by atoms with E-state index in [2.05, 4.69) is 25.3 Å². The predicted octanol–water partition coefficient (Wildman–Crippen LogP) is 2.56. The van der Waals surface area contributed by atoms with Gasteiger partial charge < -0.3 is 11.1 Å². The van der Waals surface area contributed by atoms with E-state index in [4.69, 9.17) is 5.73 Å². The number of aromatic nitrogens is 4. The van der Waals surface area contributed by atoms with E-state index in [1.165, 1.54) is 22.7 Å². The van der Waals surface area contributed by atoms with Crippen LogP contribution < -0.4 is 11.1 Å². The Bertz CT molecular complexity index is 845. The number of carbonyl (C=O) groups is 1. The second-order valence-electron chi connectivity index (χ2n) is 5.26. The molecule has 130 valence electrons. The third kappa shape index (κ3) is 4.37. The van der Waals surface area contributed by atoms with Crippen LogP contribution in [0.1, 0.15) is 34.4 Å². The maximum Gasteiger partial charge on any atom is 0.263 e. The molecule has 3 rings (SSSR count). The molecule has 9 heteroatoms. The molecule has 0 atom stereocenters. The Balaban J connectivity index is 1.60. The van der Waals surface area contributed by atoms with Gasteiger partial charge in [-0.1, -0.05) is 6.92 Å². The second-order valence-corrected chi connectivity index (χ2v) is 7.15. The Morgan fingerprint density at radius 1 is 1.28 bits per heavy atom. The number of thiazole rings is 2. The fourth-order valence-corrected chi connectivity index (χ4v) is 3.88. The Morgan fingerprint density at radius 3 is 2.76 bits per heavy atom. The maximum atomic E-state index is 12.5. The Labute approximate surface area is 153 Å². The van der Waals surface area contributed by atoms with E-state index < -0.39 is 0 Å². The van der Waals surface area contributed by atoms with Crippen LogP contribution in [0.15, 0.2) is 23.8 Å². The summed E-state index contributed by atoms with van der Waals surface area (Å²) in [6.45, 7) is 2.56. The van der Waals surface area contributed by atoms with Crippen LogP contribution in [0.2, 0.25) is 0 Å². The lowest BCUT2D eigenvalue weighted by Crippen LogP contribution is -2.24. The molecule has 25 heavy (non-hydrogen) atoms. The fraction of sp³-hybridized carbons (Fsp3) is 0.312. The minimum Gasteiger partial charge on any atom is -0.375 e. The van der Waals surface area contributed by atoms with Crippen LogP contribution in [0.3, 0.4) is 0 Å². The molecule has 0 aliphatic heterocycles. The van der Waals surface area contributed by atoms with Crippen LogP contribution in [-0.4, -0.2) is 32.4 Å². The van der Waals surface area contributed by atoms with Crippen molar-refractivity contribution in [1.82, 2.24) is 25.3 Å². The van der Waals surface area contributed by atoms with Gasteiger partial charge in [-0.05, 0) is 25.3 Å². The molecule has 3 heterocycles. The number of anilines is 1. The van der Waals surface area contributed by atoms with E-state index in [0.717, 1.165) is 24.2 Å². The van der Waals surface area contributed by atoms with E-state index in [9.17, 15) is 4.79 Å². The van der Waals surface area contributed by atoms with Crippen LogP contribution in [-0.2, 0) is 12.8 Å². The summed E-state index contributed by atoms with van der Waals surface area (Å²) in [6.07, 6.45) is 5.62. The summed E-state index contributed by atoms with van der Waals surface area (Å²) in [5.41, 5.74) is 7.35. The Kier molecular flexibility index (Phi) is 5.67. The van der Waals surface area contributed by atoms with Crippen LogP contribution in [0.25, 0.3) is 10.8 Å². The van der Waals surface area contributed by atoms with Crippen LogP contribution in [0, 0.1) is 0 Å². The number of aryl methyl sites for hydroxylation is 2. The number of amides is 1. The summed E-state index contributed by atoms with van der Waals surface area (Å²) in [6, 6.07) is 1.75. The largest absolute Gasteiger partial charge is 0.375 e. The van der Waals surface area contributed by atoms with Crippen molar-refractivity contribution in [2.45, 2.75) is 26.2 Å². The molecule has 0 radical (unpaired) electrons. The molecule has 0 unspecified atom stereocenters. The number of nitrogens with two attached hydrogens (primary N) is 1. The smallest absolute Gasteiger partial charge is 0.263 e. The van der Waals surface area contributed by atoms with Crippen molar-refractivity contribution in [3.63, 3.8) is 0 Å². The molecule has 3 aromatic rings. The van der Waals surface area contributed by atoms with Gasteiger partial charge in [0.15, 0.2) is 16.0 Å². The van der Waals surface area contributed by atoms with Gasteiger partial charge in [-0.25, -0.2) is 19.9 Å². The maximum absolute atomic E-state index is 12.5. The number of hydrogen-bond acceptors (Lipinski definition) is 8. The lowest BCUT2D eigenvalue weighted by Gasteiger charge is -2.03. The fourth-order valence-electron chi connectivity index (χ4n) is 2.26. The lowest BCUT2D eigenvalue weighted by molar-refractivity contribution is 0.0956. The molecule has 0 spiro atoms. The summed E-state index contributed by atoms with van der Waals surface area (Å²) >= 11 is 2.76. The molecule has 0 saturated carbocycles. The van der Waals surface area contributed by atoms with Gasteiger partial charge in [0.05, 0.1) is 11.4 Å². The zero-order valence-electron chi connectivity index (χ0n) is 13.7. The molecule has 0 saturated heterocycles. The van der Waals surface area contributed by atoms with E-state index >= 15 is 0 Å². The highest BCUT2D eigenvalue weighted by molar-refractivity contribution is 7.17. The Morgan fingerprint density at radius 2 is 2.08 bits per heavy atom. The minimum absolute atomic E-state index is 0.102. The SMILES string of the molecule is CCc1nc(-c2ncccn2)sc1C(=O)NCCCc1csc(N)n1. The van der Waals surface area contributed by atoms with Gasteiger partial charge >= 0.3 is 0 Å². The van der Waals surface area contributed by atoms with Gasteiger partial charge in [0.25, 0.3) is 5.91 Å². The van der Waals surface area contributed by atoms with Crippen molar-refractivity contribution in [2.75, 3.05) is 12.3 Å². The van der Waals surface area contributed by atoms with Gasteiger partial charge in [-0.3, -0.25) is 4.79 Å². The molecule has 3 aromatic heterocycles. The molecular formula is C16H18N6OS2. The predicted molar refractivity (Wildman–Crippen MR) is 99.7 cm³/mol. The highest BCUT2D eigenvalue weighted by Gasteiger charge is 2.18. The first-order valence-electron chi connectivity index (χ1n) is 7.92. The van der Waals surface area contributed by atoms with E-state index in [-0.39, 0.29) is 5.91 Å². The molecular weight excluding hydrogens is 356 g/mol. The minimum atomic E-state index is -0.102. The van der Waals surface area contributed by atoms with Gasteiger partial charge in [0.2, 0.25) is 0 Å². The van der Waals surface area contributed by atoms with E-state index in [0.29, 0.717) is 33.8 Å². The molecule has 0 aliphatic carbocycles. The standard InChI is InChI=1S/C16H18N6OS2/c1-2-11-12(25-15(22-11)13-18-7-4-8-19-13)14(23)20-6-3-5-10-9-24-16(17)21-10/h4,7-9H,2-3,5-6H2,1H3,(H2,17,21)(H,20,23). The highest BCUT2D eigenvalue weighted by Crippen LogP contribution is 2.26. The van der Waals surface area contributed by atoms with Gasteiger partial charge in [0.1, 0.15) is 4.88 Å². The summed E-state index contributed by atoms with van der Waals surface area (Å²) in [7, 11) is 0. The molecule has 0 fully saturated rings. The zero-order valence-corrected chi connectivity index (χ0v) is 15.4. The van der Waals surface area contributed by atoms with Crippen molar-refractivity contribution >= 4 is 33.7 Å². The van der Waals surface area contributed by atoms with Crippen molar-refractivity contribution in [1.29, 1.82) is 0 Å². The zero-order chi connectivity index (χ0) is 17.6. The summed E-state index contributed by atoms with van der Waals surface area (Å²) < 4.78 is 0. The van der Waals surface area contributed by atoms with Crippen molar-refractivity contribution in [2.24, 2.45) is 0 Å². The van der Waals surface area contributed by atoms with Gasteiger partial charge in [-0.15, -0.1) is 22.7 Å². The quantitative estimate of drug-likeness (QED) is 0.616. The van der Waals surface area contributed by atoms with Crippen molar-refractivity contribution < 1.29 is 4.79 Å². The first kappa shape index (κ1) is 17.4. The lowest BCUT2D eigenvalue weighted by atomic mass is 10.2. The first-order valence-corrected chi connectivity index (χ1v) is 9.62. The third-order valence-corrected chi connectivity index (χ3v) is 5.28. The third-order valence-electron chi connectivity index (χ3n) is 3.46. The number of rotatable bonds is 7. The van der Waals surface area contributed by atoms with Crippen molar-refractivity contribution in [3.05, 3.63) is 40.1 Å². The topological polar surface area (TPSA) is 107 Å². The summed E-state index contributed by atoms with van der Waals surface area (Å²) in [5, 5.41) is 6.14. The Hall–Kier alpha value is -2.39. The van der Waals surface area contributed by atoms with Crippen LogP contribution >= 0.6 is 22.7 Å². The summed E-state index contributed by atoms with van der Waals surface area (Å²) in [5.74, 6) is 0.441. The van der Waals surface area contributed by atoms with Crippen LogP contribution in [0.5, 0.6) is 0 Å². The molecule has 0 bridgehead atoms. The number of nitrogens with one attached hydrogen (secondary N) is 1. The number of carbonyl (C=O) groups excluding carboxylic acids is 1. The molecule has 0 aromatic carbocycles. The average molecular weight is 374 g/mol. The van der Waals surface area contributed by atoms with E-state index in [1.807, 2.05) is 12.3 Å².